The van der Waals surface area contributed by atoms with E-state index in [1.54, 1.807) is 6.20 Å². The highest BCUT2D eigenvalue weighted by Gasteiger charge is 1.95. The van der Waals surface area contributed by atoms with Gasteiger partial charge in [0.2, 0.25) is 5.88 Å². The summed E-state index contributed by atoms with van der Waals surface area (Å²) in [5.41, 5.74) is 0. The first kappa shape index (κ1) is 7.73. The van der Waals surface area contributed by atoms with E-state index < -0.39 is 0 Å². The Morgan fingerprint density at radius 1 is 1.15 bits per heavy atom. The van der Waals surface area contributed by atoms with Crippen molar-refractivity contribution >= 4 is 0 Å². The van der Waals surface area contributed by atoms with Crippen molar-refractivity contribution in [3.05, 3.63) is 48.9 Å². The minimum atomic E-state index is 0.453. The van der Waals surface area contributed by atoms with Gasteiger partial charge in [-0.2, -0.15) is 0 Å². The Morgan fingerprint density at radius 2 is 2.00 bits per heavy atom. The lowest BCUT2D eigenvalue weighted by molar-refractivity contribution is 0.460. The van der Waals surface area contributed by atoms with E-state index in [2.05, 4.69) is 16.2 Å². The number of hydrogen-bond donors (Lipinski definition) is 0. The van der Waals surface area contributed by atoms with E-state index in [0.29, 0.717) is 5.88 Å². The normalized spacial score (nSPS) is 9.54. The number of hydrogen-bond acceptors (Lipinski definition) is 3. The van der Waals surface area contributed by atoms with Crippen LogP contribution in [0.3, 0.4) is 0 Å². The summed E-state index contributed by atoms with van der Waals surface area (Å²) in [6.45, 7) is 0. The Kier molecular flexibility index (Phi) is 2.18. The maximum absolute atomic E-state index is 5.37. The molecule has 1 aromatic heterocycles. The quantitative estimate of drug-likeness (QED) is 0.693. The van der Waals surface area contributed by atoms with Gasteiger partial charge in [0.25, 0.3) is 0 Å². The number of ether oxygens (including phenoxy) is 1. The van der Waals surface area contributed by atoms with Crippen LogP contribution in [0.5, 0.6) is 11.6 Å². The maximum Gasteiger partial charge on any atom is 0.238 e. The van der Waals surface area contributed by atoms with Crippen LogP contribution in [-0.2, 0) is 0 Å². The van der Waals surface area contributed by atoms with Gasteiger partial charge < -0.3 is 4.74 Å². The zero-order valence-electron chi connectivity index (χ0n) is 6.84. The number of para-hydroxylation sites is 1. The van der Waals surface area contributed by atoms with E-state index in [1.165, 1.54) is 6.20 Å². The molecule has 0 atom stereocenters. The van der Waals surface area contributed by atoms with Crippen LogP contribution in [0.2, 0.25) is 0 Å². The highest BCUT2D eigenvalue weighted by atomic mass is 16.5. The molecule has 0 saturated heterocycles. The van der Waals surface area contributed by atoms with Crippen molar-refractivity contribution in [2.75, 3.05) is 0 Å². The van der Waals surface area contributed by atoms with Crippen LogP contribution >= 0.6 is 0 Å². The van der Waals surface area contributed by atoms with Crippen molar-refractivity contribution in [3.8, 4) is 11.6 Å². The second kappa shape index (κ2) is 3.67. The van der Waals surface area contributed by atoms with Crippen LogP contribution in [0.1, 0.15) is 0 Å². The average molecular weight is 171 g/mol. The monoisotopic (exact) mass is 171 g/mol. The van der Waals surface area contributed by atoms with Crippen LogP contribution in [-0.4, -0.2) is 9.97 Å². The molecule has 1 aromatic carbocycles. The lowest BCUT2D eigenvalue weighted by atomic mass is 10.3. The second-order valence-electron chi connectivity index (χ2n) is 2.40. The topological polar surface area (TPSA) is 35.0 Å². The van der Waals surface area contributed by atoms with Crippen LogP contribution in [0.15, 0.2) is 42.7 Å². The fourth-order valence-electron chi connectivity index (χ4n) is 0.914. The van der Waals surface area contributed by atoms with Crippen molar-refractivity contribution < 1.29 is 4.74 Å². The Hall–Kier alpha value is -1.90. The first-order valence-corrected chi connectivity index (χ1v) is 3.86. The van der Waals surface area contributed by atoms with E-state index in [4.69, 9.17) is 4.74 Å². The van der Waals surface area contributed by atoms with Crippen molar-refractivity contribution in [1.29, 1.82) is 0 Å². The van der Waals surface area contributed by atoms with Gasteiger partial charge in [-0.25, -0.2) is 4.98 Å². The molecule has 3 nitrogen and oxygen atoms in total. The minimum absolute atomic E-state index is 0.453. The number of benzene rings is 1. The molecule has 2 aromatic rings. The Labute approximate surface area is 76.0 Å². The summed E-state index contributed by atoms with van der Waals surface area (Å²) in [5.74, 6) is 1.20. The molecule has 0 unspecified atom stereocenters. The van der Waals surface area contributed by atoms with E-state index >= 15 is 0 Å². The number of nitrogens with zero attached hydrogens (tertiary/aromatic N) is 2. The molecule has 2 rings (SSSR count). The third-order valence-corrected chi connectivity index (χ3v) is 1.46. The van der Waals surface area contributed by atoms with Gasteiger partial charge in [0.15, 0.2) is 0 Å². The molecule has 63 valence electrons. The predicted molar refractivity (Wildman–Crippen MR) is 47.4 cm³/mol. The van der Waals surface area contributed by atoms with Crippen LogP contribution < -0.4 is 4.74 Å². The summed E-state index contributed by atoms with van der Waals surface area (Å²) >= 11 is 0. The molecule has 13 heavy (non-hydrogen) atoms. The summed E-state index contributed by atoms with van der Waals surface area (Å²) in [6, 6.07) is 9.43. The Balaban J connectivity index is 2.16. The van der Waals surface area contributed by atoms with Gasteiger partial charge in [-0.1, -0.05) is 18.2 Å². The SMILES string of the molecule is [c]1cncc(Oc2ccccc2)n1. The molecule has 0 aliphatic carbocycles. The first-order valence-electron chi connectivity index (χ1n) is 3.86. The zero-order chi connectivity index (χ0) is 8.93. The van der Waals surface area contributed by atoms with Gasteiger partial charge in [-0.15, -0.1) is 0 Å². The molecule has 0 aliphatic rings. The molecule has 0 amide bonds. The van der Waals surface area contributed by atoms with E-state index in [0.717, 1.165) is 5.75 Å². The molecule has 1 heterocycles. The largest absolute Gasteiger partial charge is 0.437 e. The van der Waals surface area contributed by atoms with E-state index in [1.807, 2.05) is 30.3 Å². The molecule has 0 bridgehead atoms. The molecule has 0 aliphatic heterocycles. The molecule has 0 fully saturated rings. The van der Waals surface area contributed by atoms with Crippen molar-refractivity contribution in [1.82, 2.24) is 9.97 Å². The summed E-state index contributed by atoms with van der Waals surface area (Å²) in [6.07, 6.45) is 5.62. The summed E-state index contributed by atoms with van der Waals surface area (Å²) < 4.78 is 5.37. The van der Waals surface area contributed by atoms with E-state index in [9.17, 15) is 0 Å². The molecule has 3 heteroatoms. The summed E-state index contributed by atoms with van der Waals surface area (Å²) in [7, 11) is 0. The third-order valence-electron chi connectivity index (χ3n) is 1.46. The number of aromatic nitrogens is 2. The van der Waals surface area contributed by atoms with Crippen molar-refractivity contribution in [2.24, 2.45) is 0 Å². The molecule has 0 spiro atoms. The smallest absolute Gasteiger partial charge is 0.238 e. The van der Waals surface area contributed by atoms with Gasteiger partial charge in [0.05, 0.1) is 12.4 Å². The highest BCUT2D eigenvalue weighted by Crippen LogP contribution is 2.16. The lowest BCUT2D eigenvalue weighted by Crippen LogP contribution is -1.87. The summed E-state index contributed by atoms with van der Waals surface area (Å²) in [4.78, 5) is 7.70. The molecular weight excluding hydrogens is 164 g/mol. The first-order chi connectivity index (χ1) is 6.45. The highest BCUT2D eigenvalue weighted by molar-refractivity contribution is 5.24. The second-order valence-corrected chi connectivity index (χ2v) is 2.40. The predicted octanol–water partition coefficient (Wildman–Crippen LogP) is 2.07. The third kappa shape index (κ3) is 2.02. The van der Waals surface area contributed by atoms with Crippen molar-refractivity contribution in [2.45, 2.75) is 0 Å². The van der Waals surface area contributed by atoms with Crippen LogP contribution in [0, 0.1) is 6.20 Å². The maximum atomic E-state index is 5.37. The average Bonchev–Trinajstić information content (AvgIpc) is 2.21. The molecule has 1 radical (unpaired) electrons. The molecule has 0 saturated carbocycles. The van der Waals surface area contributed by atoms with Gasteiger partial charge >= 0.3 is 0 Å². The van der Waals surface area contributed by atoms with Gasteiger partial charge in [-0.3, -0.25) is 4.98 Å². The molecule has 0 N–H and O–H groups in total. The van der Waals surface area contributed by atoms with Gasteiger partial charge in [-0.05, 0) is 12.1 Å². The van der Waals surface area contributed by atoms with Crippen LogP contribution in [0.4, 0.5) is 0 Å². The Morgan fingerprint density at radius 3 is 2.69 bits per heavy atom. The molecular formula is C10H7N2O. The van der Waals surface area contributed by atoms with Crippen LogP contribution in [0.25, 0.3) is 0 Å². The van der Waals surface area contributed by atoms with E-state index in [-0.39, 0.29) is 0 Å². The zero-order valence-corrected chi connectivity index (χ0v) is 6.84. The fourth-order valence-corrected chi connectivity index (χ4v) is 0.914. The summed E-state index contributed by atoms with van der Waals surface area (Å²) in [5, 5.41) is 0. The van der Waals surface area contributed by atoms with Crippen molar-refractivity contribution in [3.63, 3.8) is 0 Å². The van der Waals surface area contributed by atoms with Gasteiger partial charge in [0, 0.05) is 0 Å². The fraction of sp³-hybridized carbons (Fsp3) is 0. The number of rotatable bonds is 2. The minimum Gasteiger partial charge on any atom is -0.437 e. The standard InChI is InChI=1S/C10H7N2O/c1-2-4-9(5-3-1)13-10-8-11-6-7-12-10/h1-6,8H. The lowest BCUT2D eigenvalue weighted by Gasteiger charge is -2.01. The van der Waals surface area contributed by atoms with Gasteiger partial charge in [0.1, 0.15) is 11.9 Å². The Bertz CT molecular complexity index is 324.